The van der Waals surface area contributed by atoms with Crippen molar-refractivity contribution in [3.8, 4) is 0 Å². The lowest BCUT2D eigenvalue weighted by Gasteiger charge is -2.34. The molecule has 3 atom stereocenters. The molecule has 1 amide bonds. The molecule has 3 rings (SSSR count). The van der Waals surface area contributed by atoms with E-state index in [4.69, 9.17) is 4.74 Å². The van der Waals surface area contributed by atoms with Gasteiger partial charge in [-0.05, 0) is 44.5 Å². The summed E-state index contributed by atoms with van der Waals surface area (Å²) in [6, 6.07) is 5.97. The van der Waals surface area contributed by atoms with Gasteiger partial charge < -0.3 is 15.0 Å². The third kappa shape index (κ3) is 5.32. The number of benzene rings is 1. The predicted octanol–water partition coefficient (Wildman–Crippen LogP) is 0.542. The van der Waals surface area contributed by atoms with Gasteiger partial charge in [0.1, 0.15) is 0 Å². The van der Waals surface area contributed by atoms with Crippen molar-refractivity contribution in [3.05, 3.63) is 24.3 Å². The van der Waals surface area contributed by atoms with Gasteiger partial charge in [-0.15, -0.1) is 0 Å². The van der Waals surface area contributed by atoms with Gasteiger partial charge >= 0.3 is 0 Å². The Morgan fingerprint density at radius 2 is 1.80 bits per heavy atom. The molecule has 2 fully saturated rings. The van der Waals surface area contributed by atoms with Gasteiger partial charge in [-0.25, -0.2) is 16.8 Å². The minimum absolute atomic E-state index is 0.000566. The first-order valence-electron chi connectivity index (χ1n) is 9.93. The first-order valence-corrected chi connectivity index (χ1v) is 13.2. The van der Waals surface area contributed by atoms with Crippen LogP contribution < -0.4 is 5.32 Å². The molecule has 3 unspecified atom stereocenters. The van der Waals surface area contributed by atoms with E-state index in [1.165, 1.54) is 21.3 Å². The van der Waals surface area contributed by atoms with Gasteiger partial charge in [-0.2, -0.15) is 4.31 Å². The number of hydrogen-bond donors (Lipinski definition) is 1. The summed E-state index contributed by atoms with van der Waals surface area (Å²) in [6.45, 7) is 4.31. The van der Waals surface area contributed by atoms with Crippen LogP contribution >= 0.6 is 0 Å². The molecule has 2 aliphatic heterocycles. The van der Waals surface area contributed by atoms with E-state index in [1.807, 2.05) is 13.8 Å². The quantitative estimate of drug-likeness (QED) is 0.661. The van der Waals surface area contributed by atoms with Crippen LogP contribution in [0.25, 0.3) is 0 Å². The smallest absolute Gasteiger partial charge is 0.243 e. The number of morpholine rings is 1. The Kier molecular flexibility index (Phi) is 6.75. The zero-order chi connectivity index (χ0) is 22.1. The van der Waals surface area contributed by atoms with Gasteiger partial charge in [-0.1, -0.05) is 0 Å². The highest BCUT2D eigenvalue weighted by Crippen LogP contribution is 2.22. The number of amides is 1. The molecule has 1 aromatic rings. The molecule has 9 nitrogen and oxygen atoms in total. The van der Waals surface area contributed by atoms with E-state index in [0.29, 0.717) is 25.2 Å². The summed E-state index contributed by atoms with van der Waals surface area (Å²) in [5.41, 5.74) is 0.610. The standard InChI is InChI=1S/C19H29N3O6S2/c1-14-11-22(12-15(2)28-14)30(26,27)18-6-4-16(5-7-18)20-10-19(23)21(3)17-8-9-29(24,25)13-17/h4-7,14-15,17,20H,8-13H2,1-3H3. The monoisotopic (exact) mass is 459 g/mol. The zero-order valence-corrected chi connectivity index (χ0v) is 19.1. The van der Waals surface area contributed by atoms with E-state index >= 15 is 0 Å². The number of sulfonamides is 1. The van der Waals surface area contributed by atoms with Crippen LogP contribution in [0.2, 0.25) is 0 Å². The van der Waals surface area contributed by atoms with Crippen molar-refractivity contribution < 1.29 is 26.4 Å². The van der Waals surface area contributed by atoms with Crippen LogP contribution in [0.3, 0.4) is 0 Å². The summed E-state index contributed by atoms with van der Waals surface area (Å²) < 4.78 is 56.0. The molecule has 2 heterocycles. The number of likely N-dealkylation sites (N-methyl/N-ethyl adjacent to an activating group) is 1. The fourth-order valence-corrected chi connectivity index (χ4v) is 7.17. The molecule has 168 valence electrons. The van der Waals surface area contributed by atoms with Gasteiger partial charge in [0.05, 0.1) is 35.2 Å². The SMILES string of the molecule is CC1CN(S(=O)(=O)c2ccc(NCC(=O)N(C)C3CCS(=O)(=O)C3)cc2)CC(C)O1. The Morgan fingerprint density at radius 1 is 1.20 bits per heavy atom. The second kappa shape index (κ2) is 8.81. The number of rotatable bonds is 6. The molecule has 2 aliphatic rings. The lowest BCUT2D eigenvalue weighted by atomic mass is 10.2. The van der Waals surface area contributed by atoms with Gasteiger partial charge in [-0.3, -0.25) is 4.79 Å². The largest absolute Gasteiger partial charge is 0.376 e. The lowest BCUT2D eigenvalue weighted by Crippen LogP contribution is -2.48. The first kappa shape index (κ1) is 23.0. The van der Waals surface area contributed by atoms with Crippen LogP contribution in [0.4, 0.5) is 5.69 Å². The Hall–Kier alpha value is -1.69. The van der Waals surface area contributed by atoms with Crippen LogP contribution in [-0.2, 0) is 29.4 Å². The van der Waals surface area contributed by atoms with Crippen molar-refractivity contribution in [1.29, 1.82) is 0 Å². The molecule has 0 saturated carbocycles. The predicted molar refractivity (Wildman–Crippen MR) is 114 cm³/mol. The van der Waals surface area contributed by atoms with Crippen molar-refractivity contribution in [1.82, 2.24) is 9.21 Å². The van der Waals surface area contributed by atoms with Crippen LogP contribution in [-0.4, -0.2) is 88.4 Å². The van der Waals surface area contributed by atoms with Gasteiger partial charge in [0.2, 0.25) is 15.9 Å². The van der Waals surface area contributed by atoms with E-state index in [1.54, 1.807) is 19.2 Å². The molecule has 0 aromatic heterocycles. The summed E-state index contributed by atoms with van der Waals surface area (Å²) in [5.74, 6) is -0.106. The molecule has 1 aromatic carbocycles. The number of nitrogens with one attached hydrogen (secondary N) is 1. The van der Waals surface area contributed by atoms with Gasteiger partial charge in [0.25, 0.3) is 0 Å². The number of carbonyl (C=O) groups excluding carboxylic acids is 1. The van der Waals surface area contributed by atoms with Crippen LogP contribution in [0.15, 0.2) is 29.2 Å². The fraction of sp³-hybridized carbons (Fsp3) is 0.632. The van der Waals surface area contributed by atoms with E-state index in [0.717, 1.165) is 0 Å². The maximum absolute atomic E-state index is 12.9. The zero-order valence-electron chi connectivity index (χ0n) is 17.4. The normalized spacial score (nSPS) is 27.0. The van der Waals surface area contributed by atoms with Crippen LogP contribution in [0.1, 0.15) is 20.3 Å². The number of sulfone groups is 1. The molecule has 0 spiro atoms. The fourth-order valence-electron chi connectivity index (χ4n) is 3.81. The molecule has 2 saturated heterocycles. The highest BCUT2D eigenvalue weighted by Gasteiger charge is 2.33. The molecule has 11 heteroatoms. The van der Waals surface area contributed by atoms with E-state index in [2.05, 4.69) is 5.32 Å². The number of ether oxygens (including phenoxy) is 1. The second-order valence-electron chi connectivity index (χ2n) is 8.02. The first-order chi connectivity index (χ1) is 14.0. The number of anilines is 1. The van der Waals surface area contributed by atoms with Crippen molar-refractivity contribution in [2.45, 2.75) is 43.4 Å². The van der Waals surface area contributed by atoms with E-state index < -0.39 is 19.9 Å². The topological polar surface area (TPSA) is 113 Å². The van der Waals surface area contributed by atoms with Gasteiger partial charge in [0, 0.05) is 31.9 Å². The second-order valence-corrected chi connectivity index (χ2v) is 12.2. The van der Waals surface area contributed by atoms with Crippen molar-refractivity contribution >= 4 is 31.5 Å². The highest BCUT2D eigenvalue weighted by molar-refractivity contribution is 7.91. The Bertz CT molecular complexity index is 968. The van der Waals surface area contributed by atoms with Crippen LogP contribution in [0, 0.1) is 0 Å². The van der Waals surface area contributed by atoms with Crippen molar-refractivity contribution in [2.75, 3.05) is 43.5 Å². The van der Waals surface area contributed by atoms with E-state index in [-0.39, 0.29) is 47.1 Å². The maximum atomic E-state index is 12.9. The Labute approximate surface area is 178 Å². The summed E-state index contributed by atoms with van der Waals surface area (Å²) >= 11 is 0. The van der Waals surface area contributed by atoms with Crippen molar-refractivity contribution in [3.63, 3.8) is 0 Å². The average molecular weight is 460 g/mol. The molecule has 30 heavy (non-hydrogen) atoms. The molecular weight excluding hydrogens is 430 g/mol. The number of carbonyl (C=O) groups is 1. The third-order valence-corrected chi connectivity index (χ3v) is 9.07. The van der Waals surface area contributed by atoms with Gasteiger partial charge in [0.15, 0.2) is 9.84 Å². The number of nitrogens with zero attached hydrogens (tertiary/aromatic N) is 2. The average Bonchev–Trinajstić information content (AvgIpc) is 3.04. The minimum atomic E-state index is -3.62. The summed E-state index contributed by atoms with van der Waals surface area (Å²) in [4.78, 5) is 14.0. The molecule has 1 N–H and O–H groups in total. The van der Waals surface area contributed by atoms with E-state index in [9.17, 15) is 21.6 Å². The summed E-state index contributed by atoms with van der Waals surface area (Å²) in [7, 11) is -5.07. The molecular formula is C19H29N3O6S2. The van der Waals surface area contributed by atoms with Crippen LogP contribution in [0.5, 0.6) is 0 Å². The summed E-state index contributed by atoms with van der Waals surface area (Å²) in [6.07, 6.45) is 0.125. The third-order valence-electron chi connectivity index (χ3n) is 5.47. The molecule has 0 radical (unpaired) electrons. The molecule has 0 bridgehead atoms. The Morgan fingerprint density at radius 3 is 2.33 bits per heavy atom. The number of hydrogen-bond acceptors (Lipinski definition) is 7. The highest BCUT2D eigenvalue weighted by atomic mass is 32.2. The summed E-state index contributed by atoms with van der Waals surface area (Å²) in [5, 5.41) is 2.97. The minimum Gasteiger partial charge on any atom is -0.376 e. The van der Waals surface area contributed by atoms with Crippen molar-refractivity contribution in [2.24, 2.45) is 0 Å². The molecule has 0 aliphatic carbocycles. The maximum Gasteiger partial charge on any atom is 0.243 e. The lowest BCUT2D eigenvalue weighted by molar-refractivity contribution is -0.129. The Balaban J connectivity index is 1.58.